The van der Waals surface area contributed by atoms with Crippen molar-refractivity contribution in [3.63, 3.8) is 0 Å². The normalized spacial score (nSPS) is 13.4. The Balaban J connectivity index is 1.36. The Morgan fingerprint density at radius 3 is 2.65 bits per heavy atom. The Bertz CT molecular complexity index is 1120. The van der Waals surface area contributed by atoms with Gasteiger partial charge in [-0.25, -0.2) is 4.68 Å². The number of benzene rings is 2. The van der Waals surface area contributed by atoms with Gasteiger partial charge in [-0.3, -0.25) is 19.7 Å². The average molecular weight is 419 g/mol. The summed E-state index contributed by atoms with van der Waals surface area (Å²) in [6, 6.07) is 13.7. The van der Waals surface area contributed by atoms with E-state index in [9.17, 15) is 19.7 Å². The number of likely N-dealkylation sites (tertiary alicyclic amines) is 1. The molecule has 1 aliphatic rings. The molecule has 4 rings (SSSR count). The van der Waals surface area contributed by atoms with E-state index in [0.717, 1.165) is 24.1 Å². The van der Waals surface area contributed by atoms with Crippen molar-refractivity contribution in [2.45, 2.75) is 25.9 Å². The first-order chi connectivity index (χ1) is 15.0. The molecule has 0 radical (unpaired) electrons. The number of nitrogens with one attached hydrogen (secondary N) is 1. The molecule has 3 aromatic rings. The van der Waals surface area contributed by atoms with Crippen LogP contribution in [0.3, 0.4) is 0 Å². The molecule has 2 heterocycles. The Hall–Kier alpha value is -4.01. The Labute approximate surface area is 178 Å². The van der Waals surface area contributed by atoms with Gasteiger partial charge in [0.05, 0.1) is 22.4 Å². The van der Waals surface area contributed by atoms with Crippen molar-refractivity contribution < 1.29 is 14.5 Å². The first-order valence-electron chi connectivity index (χ1n) is 9.93. The molecule has 0 spiro atoms. The molecule has 0 bridgehead atoms. The first-order valence-corrected chi connectivity index (χ1v) is 9.93. The summed E-state index contributed by atoms with van der Waals surface area (Å²) in [5.41, 5.74) is 2.98. The lowest BCUT2D eigenvalue weighted by Gasteiger charge is -2.16. The lowest BCUT2D eigenvalue weighted by atomic mass is 10.1. The van der Waals surface area contributed by atoms with E-state index in [1.54, 1.807) is 18.3 Å². The minimum absolute atomic E-state index is 0.00907. The number of hydrogen-bond donors (Lipinski definition) is 1. The maximum Gasteiger partial charge on any atom is 0.269 e. The number of nitro groups is 1. The average Bonchev–Trinajstić information content (AvgIpc) is 3.42. The van der Waals surface area contributed by atoms with Gasteiger partial charge in [0.15, 0.2) is 0 Å². The van der Waals surface area contributed by atoms with Gasteiger partial charge in [-0.1, -0.05) is 24.3 Å². The third-order valence-electron chi connectivity index (χ3n) is 5.16. The van der Waals surface area contributed by atoms with E-state index < -0.39 is 4.92 Å². The van der Waals surface area contributed by atoms with Crippen LogP contribution in [0, 0.1) is 10.1 Å². The molecule has 1 N–H and O–H groups in total. The second kappa shape index (κ2) is 8.78. The molecule has 0 atom stereocenters. The Kier molecular flexibility index (Phi) is 5.74. The van der Waals surface area contributed by atoms with Crippen LogP contribution in [-0.4, -0.2) is 38.0 Å². The highest BCUT2D eigenvalue weighted by atomic mass is 16.6. The molecule has 1 fully saturated rings. The molecule has 1 aliphatic heterocycles. The molecule has 1 saturated heterocycles. The highest BCUT2D eigenvalue weighted by molar-refractivity contribution is 5.93. The van der Waals surface area contributed by atoms with Crippen LogP contribution in [-0.2, 0) is 17.9 Å². The van der Waals surface area contributed by atoms with Crippen LogP contribution < -0.4 is 5.32 Å². The number of nitrogens with zero attached hydrogens (tertiary/aromatic N) is 4. The van der Waals surface area contributed by atoms with Crippen molar-refractivity contribution >= 4 is 17.5 Å². The smallest absolute Gasteiger partial charge is 0.269 e. The van der Waals surface area contributed by atoms with Crippen molar-refractivity contribution in [2.75, 3.05) is 6.54 Å². The lowest BCUT2D eigenvalue weighted by Crippen LogP contribution is -2.24. The highest BCUT2D eigenvalue weighted by Gasteiger charge is 2.20. The van der Waals surface area contributed by atoms with E-state index in [0.29, 0.717) is 30.8 Å². The van der Waals surface area contributed by atoms with Crippen molar-refractivity contribution in [2.24, 2.45) is 0 Å². The van der Waals surface area contributed by atoms with Gasteiger partial charge in [0.25, 0.3) is 11.6 Å². The molecule has 0 unspecified atom stereocenters. The molecule has 9 nitrogen and oxygen atoms in total. The first kappa shape index (κ1) is 20.3. The summed E-state index contributed by atoms with van der Waals surface area (Å²) >= 11 is 0. The zero-order valence-electron chi connectivity index (χ0n) is 16.7. The van der Waals surface area contributed by atoms with Crippen LogP contribution in [0.4, 0.5) is 5.69 Å². The Morgan fingerprint density at radius 2 is 1.94 bits per heavy atom. The molecule has 0 aliphatic carbocycles. The van der Waals surface area contributed by atoms with Gasteiger partial charge >= 0.3 is 0 Å². The molecular weight excluding hydrogens is 398 g/mol. The van der Waals surface area contributed by atoms with Crippen LogP contribution in [0.2, 0.25) is 0 Å². The molecule has 1 aromatic heterocycles. The summed E-state index contributed by atoms with van der Waals surface area (Å²) in [6.07, 6.45) is 4.55. The summed E-state index contributed by atoms with van der Waals surface area (Å²) in [7, 11) is 0. The van der Waals surface area contributed by atoms with E-state index in [2.05, 4.69) is 10.4 Å². The monoisotopic (exact) mass is 419 g/mol. The maximum absolute atomic E-state index is 12.5. The lowest BCUT2D eigenvalue weighted by molar-refractivity contribution is -0.384. The third kappa shape index (κ3) is 4.77. The summed E-state index contributed by atoms with van der Waals surface area (Å²) in [5, 5.41) is 17.8. The van der Waals surface area contributed by atoms with Crippen molar-refractivity contribution in [1.82, 2.24) is 20.0 Å². The van der Waals surface area contributed by atoms with Gasteiger partial charge in [-0.05, 0) is 29.7 Å². The number of hydrogen-bond acceptors (Lipinski definition) is 5. The standard InChI is InChI=1S/C22H21N5O4/c28-21-5-2-10-25(21)14-17-4-1-3-16(11-17)12-23-22(29)18-13-24-26(15-18)19-6-8-20(9-7-19)27(30)31/h1,3-4,6-9,11,13,15H,2,5,10,12,14H2,(H,23,29). The van der Waals surface area contributed by atoms with Gasteiger partial charge < -0.3 is 10.2 Å². The molecular formula is C22H21N5O4. The Morgan fingerprint density at radius 1 is 1.16 bits per heavy atom. The SMILES string of the molecule is O=C(NCc1cccc(CN2CCCC2=O)c1)c1cnn(-c2ccc([N+](=O)[O-])cc2)c1. The number of aromatic nitrogens is 2. The van der Waals surface area contributed by atoms with Crippen molar-refractivity contribution in [3.8, 4) is 5.69 Å². The summed E-state index contributed by atoms with van der Waals surface area (Å²) in [5.74, 6) is -0.0861. The van der Waals surface area contributed by atoms with E-state index in [4.69, 9.17) is 0 Å². The minimum atomic E-state index is -0.469. The second-order valence-electron chi connectivity index (χ2n) is 7.37. The van der Waals surface area contributed by atoms with E-state index in [1.807, 2.05) is 29.2 Å². The van der Waals surface area contributed by atoms with Crippen LogP contribution in [0.15, 0.2) is 60.9 Å². The minimum Gasteiger partial charge on any atom is -0.348 e. The number of non-ortho nitro benzene ring substituents is 1. The predicted molar refractivity (Wildman–Crippen MR) is 112 cm³/mol. The molecule has 9 heteroatoms. The van der Waals surface area contributed by atoms with Gasteiger partial charge in [0.2, 0.25) is 5.91 Å². The molecule has 0 saturated carbocycles. The quantitative estimate of drug-likeness (QED) is 0.468. The van der Waals surface area contributed by atoms with Crippen LogP contribution in [0.25, 0.3) is 5.69 Å². The van der Waals surface area contributed by atoms with Crippen LogP contribution in [0.5, 0.6) is 0 Å². The molecule has 31 heavy (non-hydrogen) atoms. The number of amides is 2. The van der Waals surface area contributed by atoms with E-state index >= 15 is 0 Å². The van der Waals surface area contributed by atoms with Gasteiger partial charge in [-0.2, -0.15) is 5.10 Å². The molecule has 158 valence electrons. The van der Waals surface area contributed by atoms with Crippen LogP contribution in [0.1, 0.15) is 34.3 Å². The van der Waals surface area contributed by atoms with Crippen LogP contribution >= 0.6 is 0 Å². The van der Waals surface area contributed by atoms with Gasteiger partial charge in [0, 0.05) is 44.4 Å². The van der Waals surface area contributed by atoms with Crippen molar-refractivity contribution in [1.29, 1.82) is 0 Å². The maximum atomic E-state index is 12.5. The second-order valence-corrected chi connectivity index (χ2v) is 7.37. The van der Waals surface area contributed by atoms with E-state index in [-0.39, 0.29) is 17.5 Å². The predicted octanol–water partition coefficient (Wildman–Crippen LogP) is 2.83. The zero-order valence-corrected chi connectivity index (χ0v) is 16.7. The van der Waals surface area contributed by atoms with Gasteiger partial charge in [0.1, 0.15) is 0 Å². The third-order valence-corrected chi connectivity index (χ3v) is 5.16. The number of carbonyl (C=O) groups is 2. The highest BCUT2D eigenvalue weighted by Crippen LogP contribution is 2.16. The molecule has 2 amide bonds. The summed E-state index contributed by atoms with van der Waals surface area (Å²) in [4.78, 5) is 36.5. The van der Waals surface area contributed by atoms with Gasteiger partial charge in [-0.15, -0.1) is 0 Å². The zero-order chi connectivity index (χ0) is 21.8. The summed E-state index contributed by atoms with van der Waals surface area (Å²) < 4.78 is 1.49. The molecule has 2 aromatic carbocycles. The largest absolute Gasteiger partial charge is 0.348 e. The summed E-state index contributed by atoms with van der Waals surface area (Å²) in [6.45, 7) is 1.73. The number of nitro benzene ring substituents is 1. The topological polar surface area (TPSA) is 110 Å². The number of carbonyl (C=O) groups excluding carboxylic acids is 2. The number of rotatable bonds is 7. The van der Waals surface area contributed by atoms with Crippen molar-refractivity contribution in [3.05, 3.63) is 87.7 Å². The fourth-order valence-electron chi connectivity index (χ4n) is 3.52. The van der Waals surface area contributed by atoms with E-state index in [1.165, 1.54) is 23.0 Å². The fourth-order valence-corrected chi connectivity index (χ4v) is 3.52. The fraction of sp³-hybridized carbons (Fsp3) is 0.227.